The van der Waals surface area contributed by atoms with E-state index in [0.717, 1.165) is 19.4 Å². The molecule has 2 fully saturated rings. The van der Waals surface area contributed by atoms with E-state index < -0.39 is 5.97 Å². The summed E-state index contributed by atoms with van der Waals surface area (Å²) in [6, 6.07) is 5.26. The number of anilines is 1. The van der Waals surface area contributed by atoms with Crippen LogP contribution in [0.5, 0.6) is 11.5 Å². The van der Waals surface area contributed by atoms with Crippen LogP contribution in [0.3, 0.4) is 0 Å². The van der Waals surface area contributed by atoms with Gasteiger partial charge in [0.1, 0.15) is 0 Å². The molecule has 8 heteroatoms. The molecule has 3 N–H and O–H groups in total. The van der Waals surface area contributed by atoms with Crippen LogP contribution >= 0.6 is 0 Å². The van der Waals surface area contributed by atoms with Crippen molar-refractivity contribution in [3.05, 3.63) is 18.2 Å². The molecule has 2 aliphatic carbocycles. The molecule has 2 saturated carbocycles. The average Bonchev–Trinajstić information content (AvgIpc) is 3.41. The first-order valence-corrected chi connectivity index (χ1v) is 9.82. The minimum Gasteiger partial charge on any atom is -0.493 e. The highest BCUT2D eigenvalue weighted by atomic mass is 16.5. The van der Waals surface area contributed by atoms with Gasteiger partial charge in [-0.15, -0.1) is 0 Å². The third-order valence-electron chi connectivity index (χ3n) is 5.21. The summed E-state index contributed by atoms with van der Waals surface area (Å²) in [5.41, 5.74) is 0.624. The van der Waals surface area contributed by atoms with Crippen LogP contribution in [0.4, 0.5) is 10.5 Å². The summed E-state index contributed by atoms with van der Waals surface area (Å²) in [6.07, 6.45) is 3.94. The van der Waals surface area contributed by atoms with Crippen LogP contribution in [-0.2, 0) is 4.79 Å². The van der Waals surface area contributed by atoms with E-state index in [1.54, 1.807) is 25.3 Å². The smallest absolute Gasteiger partial charge is 0.319 e. The number of carbonyl (C=O) groups is 2. The molecule has 0 unspecified atom stereocenters. The molecule has 0 aliphatic heterocycles. The van der Waals surface area contributed by atoms with Crippen LogP contribution in [-0.4, -0.2) is 60.9 Å². The third kappa shape index (κ3) is 5.51. The number of carboxylic acid groups (broad SMARTS) is 1. The summed E-state index contributed by atoms with van der Waals surface area (Å²) in [6.45, 7) is 3.31. The van der Waals surface area contributed by atoms with Gasteiger partial charge >= 0.3 is 12.0 Å². The van der Waals surface area contributed by atoms with Gasteiger partial charge in [0.15, 0.2) is 11.5 Å². The van der Waals surface area contributed by atoms with Gasteiger partial charge < -0.3 is 25.2 Å². The van der Waals surface area contributed by atoms with Gasteiger partial charge in [-0.1, -0.05) is 0 Å². The second kappa shape index (κ2) is 9.14. The zero-order valence-electron chi connectivity index (χ0n) is 16.4. The van der Waals surface area contributed by atoms with Crippen LogP contribution in [0.2, 0.25) is 0 Å². The molecule has 154 valence electrons. The van der Waals surface area contributed by atoms with E-state index in [1.165, 1.54) is 12.8 Å². The minimum atomic E-state index is -0.792. The number of ether oxygens (including phenoxy) is 2. The van der Waals surface area contributed by atoms with Gasteiger partial charge in [-0.25, -0.2) is 4.79 Å². The number of hydrogen-bond donors (Lipinski definition) is 3. The first-order chi connectivity index (χ1) is 13.5. The Morgan fingerprint density at radius 2 is 2.00 bits per heavy atom. The number of aliphatic carboxylic acids is 1. The predicted molar refractivity (Wildman–Crippen MR) is 105 cm³/mol. The van der Waals surface area contributed by atoms with Crippen LogP contribution in [0.1, 0.15) is 32.6 Å². The first-order valence-electron chi connectivity index (χ1n) is 9.82. The van der Waals surface area contributed by atoms with Crippen molar-refractivity contribution in [2.75, 3.05) is 32.1 Å². The molecule has 3 rings (SSSR count). The number of nitrogens with zero attached hydrogens (tertiary/aromatic N) is 1. The molecule has 1 aromatic carbocycles. The average molecular weight is 391 g/mol. The van der Waals surface area contributed by atoms with E-state index >= 15 is 0 Å². The highest BCUT2D eigenvalue weighted by Crippen LogP contribution is 2.34. The van der Waals surface area contributed by atoms with E-state index in [0.29, 0.717) is 29.7 Å². The summed E-state index contributed by atoms with van der Waals surface area (Å²) in [5.74, 6) is 1.04. The maximum atomic E-state index is 12.3. The highest BCUT2D eigenvalue weighted by Gasteiger charge is 2.37. The number of urea groups is 1. The Balaban J connectivity index is 1.47. The fourth-order valence-electron chi connectivity index (χ4n) is 3.53. The van der Waals surface area contributed by atoms with Gasteiger partial charge in [0.2, 0.25) is 0 Å². The molecule has 0 spiro atoms. The van der Waals surface area contributed by atoms with Crippen molar-refractivity contribution in [3.8, 4) is 11.5 Å². The van der Waals surface area contributed by atoms with E-state index in [9.17, 15) is 9.59 Å². The summed E-state index contributed by atoms with van der Waals surface area (Å²) < 4.78 is 10.8. The second-order valence-corrected chi connectivity index (χ2v) is 7.49. The van der Waals surface area contributed by atoms with Crippen LogP contribution in [0.15, 0.2) is 18.2 Å². The van der Waals surface area contributed by atoms with Crippen molar-refractivity contribution in [2.24, 2.45) is 5.92 Å². The number of nitrogens with one attached hydrogen (secondary N) is 2. The molecule has 0 heterocycles. The lowest BCUT2D eigenvalue weighted by atomic mass is 9.85. The number of carboxylic acids is 1. The third-order valence-corrected chi connectivity index (χ3v) is 5.21. The molecule has 0 saturated heterocycles. The van der Waals surface area contributed by atoms with Crippen molar-refractivity contribution < 1.29 is 24.2 Å². The SMILES string of the molecule is CCOc1cc(NC(=O)NC2CC(N(CC(=O)O)CC3CC3)C2)ccc1OC. The number of amides is 2. The second-order valence-electron chi connectivity index (χ2n) is 7.49. The van der Waals surface area contributed by atoms with Gasteiger partial charge in [-0.05, 0) is 50.7 Å². The predicted octanol–water partition coefficient (Wildman–Crippen LogP) is 2.54. The number of hydrogen-bond acceptors (Lipinski definition) is 5. The molecular weight excluding hydrogens is 362 g/mol. The maximum Gasteiger partial charge on any atom is 0.319 e. The van der Waals surface area contributed by atoms with Crippen molar-refractivity contribution in [1.29, 1.82) is 0 Å². The molecule has 0 bridgehead atoms. The Morgan fingerprint density at radius 3 is 2.61 bits per heavy atom. The fourth-order valence-corrected chi connectivity index (χ4v) is 3.53. The number of carbonyl (C=O) groups excluding carboxylic acids is 1. The van der Waals surface area contributed by atoms with Crippen molar-refractivity contribution in [2.45, 2.75) is 44.7 Å². The number of benzene rings is 1. The van der Waals surface area contributed by atoms with Crippen molar-refractivity contribution in [1.82, 2.24) is 10.2 Å². The van der Waals surface area contributed by atoms with Gasteiger partial charge in [-0.3, -0.25) is 9.69 Å². The highest BCUT2D eigenvalue weighted by molar-refractivity contribution is 5.90. The molecule has 2 aliphatic rings. The standard InChI is InChI=1S/C20H29N3O5/c1-3-28-18-10-14(6-7-17(18)27-2)21-20(26)22-15-8-16(9-15)23(12-19(24)25)11-13-4-5-13/h6-7,10,13,15-16H,3-5,8-9,11-12H2,1-2H3,(H,24,25)(H2,21,22,26). The summed E-state index contributed by atoms with van der Waals surface area (Å²) in [7, 11) is 1.57. The van der Waals surface area contributed by atoms with Crippen LogP contribution in [0, 0.1) is 5.92 Å². The maximum absolute atomic E-state index is 12.3. The largest absolute Gasteiger partial charge is 0.493 e. The zero-order chi connectivity index (χ0) is 20.1. The summed E-state index contributed by atoms with van der Waals surface area (Å²) in [4.78, 5) is 25.4. The minimum absolute atomic E-state index is 0.0603. The molecule has 1 aromatic rings. The van der Waals surface area contributed by atoms with E-state index in [4.69, 9.17) is 14.6 Å². The summed E-state index contributed by atoms with van der Waals surface area (Å²) >= 11 is 0. The quantitative estimate of drug-likeness (QED) is 0.567. The molecule has 0 atom stereocenters. The Bertz CT molecular complexity index is 701. The Kier molecular flexibility index (Phi) is 6.61. The lowest BCUT2D eigenvalue weighted by molar-refractivity contribution is -0.139. The zero-order valence-corrected chi connectivity index (χ0v) is 16.4. The van der Waals surface area contributed by atoms with Gasteiger partial charge in [0, 0.05) is 30.4 Å². The fraction of sp³-hybridized carbons (Fsp3) is 0.600. The topological polar surface area (TPSA) is 100 Å². The molecule has 0 radical (unpaired) electrons. The van der Waals surface area contributed by atoms with Crippen LogP contribution in [0.25, 0.3) is 0 Å². The number of methoxy groups -OCH3 is 1. The molecule has 0 aromatic heterocycles. The Hall–Kier alpha value is -2.48. The molecule has 28 heavy (non-hydrogen) atoms. The van der Waals surface area contributed by atoms with E-state index in [-0.39, 0.29) is 24.7 Å². The van der Waals surface area contributed by atoms with Crippen LogP contribution < -0.4 is 20.1 Å². The van der Waals surface area contributed by atoms with E-state index in [2.05, 4.69) is 10.6 Å². The van der Waals surface area contributed by atoms with Gasteiger partial charge in [-0.2, -0.15) is 0 Å². The van der Waals surface area contributed by atoms with E-state index in [1.807, 2.05) is 11.8 Å². The first kappa shape index (κ1) is 20.3. The normalized spacial score (nSPS) is 21.0. The number of rotatable bonds is 10. The molecule has 2 amide bonds. The van der Waals surface area contributed by atoms with Crippen molar-refractivity contribution in [3.63, 3.8) is 0 Å². The lowest BCUT2D eigenvalue weighted by Crippen LogP contribution is -2.55. The summed E-state index contributed by atoms with van der Waals surface area (Å²) in [5, 5.41) is 14.9. The lowest BCUT2D eigenvalue weighted by Gasteiger charge is -2.42. The van der Waals surface area contributed by atoms with Crippen molar-refractivity contribution >= 4 is 17.7 Å². The van der Waals surface area contributed by atoms with Gasteiger partial charge in [0.25, 0.3) is 0 Å². The molecule has 8 nitrogen and oxygen atoms in total. The monoisotopic (exact) mass is 391 g/mol. The van der Waals surface area contributed by atoms with Gasteiger partial charge in [0.05, 0.1) is 20.3 Å². The molecular formula is C20H29N3O5. The Labute approximate surface area is 165 Å². The Morgan fingerprint density at radius 1 is 1.25 bits per heavy atom.